The number of hydrogen-bond acceptors (Lipinski definition) is 3. The van der Waals surface area contributed by atoms with E-state index in [2.05, 4.69) is 11.9 Å². The Labute approximate surface area is 151 Å². The van der Waals surface area contributed by atoms with Crippen molar-refractivity contribution in [1.29, 1.82) is 0 Å². The number of rotatable bonds is 8. The normalized spacial score (nSPS) is 10.8. The fraction of sp³-hybridized carbons (Fsp3) is 0.412. The van der Waals surface area contributed by atoms with Crippen LogP contribution in [-0.2, 0) is 6.54 Å². The predicted octanol–water partition coefficient (Wildman–Crippen LogP) is 4.81. The number of unbranched alkanes of at least 4 members (excludes halogenated alkanes) is 2. The summed E-state index contributed by atoms with van der Waals surface area (Å²) in [6, 6.07) is 5.41. The molecule has 0 aliphatic rings. The number of halogens is 2. The van der Waals surface area contributed by atoms with Crippen molar-refractivity contribution >= 4 is 29.2 Å². The van der Waals surface area contributed by atoms with E-state index in [-0.39, 0.29) is 17.4 Å². The lowest BCUT2D eigenvalue weighted by Crippen LogP contribution is -2.11. The molecule has 0 fully saturated rings. The molecule has 1 aromatic heterocycles. The summed E-state index contributed by atoms with van der Waals surface area (Å²) in [7, 11) is 0. The van der Waals surface area contributed by atoms with Crippen molar-refractivity contribution in [2.45, 2.75) is 39.7 Å². The Balaban J connectivity index is 2.15. The van der Waals surface area contributed by atoms with Crippen molar-refractivity contribution in [3.8, 4) is 5.75 Å². The quantitative estimate of drug-likeness (QED) is 0.676. The van der Waals surface area contributed by atoms with Gasteiger partial charge in [0, 0.05) is 5.02 Å². The number of aromatic nitrogens is 2. The third-order valence-corrected chi connectivity index (χ3v) is 4.30. The van der Waals surface area contributed by atoms with Gasteiger partial charge in [-0.25, -0.2) is 9.78 Å². The molecule has 0 aliphatic carbocycles. The minimum Gasteiger partial charge on any atom is -0.494 e. The van der Waals surface area contributed by atoms with E-state index in [1.807, 2.05) is 12.1 Å². The number of aryl methyl sites for hydroxylation is 1. The Morgan fingerprint density at radius 1 is 1.33 bits per heavy atom. The third-order valence-electron chi connectivity index (χ3n) is 3.69. The number of carbonyl (C=O) groups is 1. The number of benzene rings is 1. The smallest absolute Gasteiger partial charge is 0.355 e. The van der Waals surface area contributed by atoms with Crippen LogP contribution in [0.5, 0.6) is 5.75 Å². The zero-order valence-corrected chi connectivity index (χ0v) is 15.2. The molecule has 0 saturated heterocycles. The van der Waals surface area contributed by atoms with Crippen LogP contribution in [0.4, 0.5) is 0 Å². The summed E-state index contributed by atoms with van der Waals surface area (Å²) in [6.45, 7) is 4.78. The van der Waals surface area contributed by atoms with Crippen molar-refractivity contribution in [2.75, 3.05) is 6.61 Å². The fourth-order valence-electron chi connectivity index (χ4n) is 2.38. The fourth-order valence-corrected chi connectivity index (χ4v) is 2.92. The Kier molecular flexibility index (Phi) is 6.52. The minimum atomic E-state index is -1.12. The SMILES string of the molecule is CCCCCOc1ccc(Cn2c(C)nc(Cl)c2C(=O)O)c(Cl)c1. The highest BCUT2D eigenvalue weighted by atomic mass is 35.5. The van der Waals surface area contributed by atoms with Crippen molar-refractivity contribution in [3.05, 3.63) is 45.5 Å². The largest absolute Gasteiger partial charge is 0.494 e. The number of nitrogens with zero attached hydrogens (tertiary/aromatic N) is 2. The lowest BCUT2D eigenvalue weighted by Gasteiger charge is -2.12. The van der Waals surface area contributed by atoms with E-state index in [0.717, 1.165) is 24.8 Å². The van der Waals surface area contributed by atoms with Gasteiger partial charge in [0.05, 0.1) is 13.2 Å². The summed E-state index contributed by atoms with van der Waals surface area (Å²) in [5.74, 6) is 0.111. The third kappa shape index (κ3) is 4.42. The predicted molar refractivity (Wildman–Crippen MR) is 94.5 cm³/mol. The van der Waals surface area contributed by atoms with E-state index in [9.17, 15) is 9.90 Å². The van der Waals surface area contributed by atoms with Crippen LogP contribution < -0.4 is 4.74 Å². The van der Waals surface area contributed by atoms with E-state index in [4.69, 9.17) is 27.9 Å². The van der Waals surface area contributed by atoms with Crippen LogP contribution in [0.2, 0.25) is 10.2 Å². The maximum atomic E-state index is 11.4. The molecule has 5 nitrogen and oxygen atoms in total. The van der Waals surface area contributed by atoms with Crippen LogP contribution in [0.3, 0.4) is 0 Å². The van der Waals surface area contributed by atoms with E-state index in [0.29, 0.717) is 23.2 Å². The van der Waals surface area contributed by atoms with E-state index >= 15 is 0 Å². The molecule has 1 heterocycles. The lowest BCUT2D eigenvalue weighted by molar-refractivity contribution is 0.0685. The minimum absolute atomic E-state index is 0.0213. The molecule has 2 aromatic rings. The highest BCUT2D eigenvalue weighted by molar-refractivity contribution is 6.32. The first kappa shape index (κ1) is 18.6. The highest BCUT2D eigenvalue weighted by Crippen LogP contribution is 2.26. The molecular formula is C17H20Cl2N2O3. The van der Waals surface area contributed by atoms with Crippen LogP contribution >= 0.6 is 23.2 Å². The van der Waals surface area contributed by atoms with Gasteiger partial charge in [-0.05, 0) is 31.0 Å². The number of ether oxygens (including phenoxy) is 1. The van der Waals surface area contributed by atoms with Crippen molar-refractivity contribution < 1.29 is 14.6 Å². The van der Waals surface area contributed by atoms with Gasteiger partial charge in [0.1, 0.15) is 11.6 Å². The molecule has 130 valence electrons. The molecular weight excluding hydrogens is 351 g/mol. The van der Waals surface area contributed by atoms with Gasteiger partial charge in [0.15, 0.2) is 10.8 Å². The monoisotopic (exact) mass is 370 g/mol. The second-order valence-electron chi connectivity index (χ2n) is 5.50. The average molecular weight is 371 g/mol. The molecule has 1 N–H and O–H groups in total. The summed E-state index contributed by atoms with van der Waals surface area (Å²) < 4.78 is 7.20. The molecule has 1 aromatic carbocycles. The molecule has 0 unspecified atom stereocenters. The van der Waals surface area contributed by atoms with Gasteiger partial charge in [0.25, 0.3) is 0 Å². The molecule has 0 aliphatic heterocycles. The number of carboxylic acid groups (broad SMARTS) is 1. The summed E-state index contributed by atoms with van der Waals surface area (Å²) in [5.41, 5.74) is 0.738. The van der Waals surface area contributed by atoms with Crippen LogP contribution in [0.25, 0.3) is 0 Å². The molecule has 0 saturated carbocycles. The van der Waals surface area contributed by atoms with Crippen molar-refractivity contribution in [2.24, 2.45) is 0 Å². The van der Waals surface area contributed by atoms with Crippen LogP contribution in [0.1, 0.15) is 48.1 Å². The molecule has 0 amide bonds. The molecule has 0 spiro atoms. The molecule has 7 heteroatoms. The Morgan fingerprint density at radius 2 is 2.08 bits per heavy atom. The summed E-state index contributed by atoms with van der Waals surface area (Å²) in [4.78, 5) is 15.4. The van der Waals surface area contributed by atoms with Gasteiger partial charge in [0.2, 0.25) is 0 Å². The molecule has 24 heavy (non-hydrogen) atoms. The van der Waals surface area contributed by atoms with Gasteiger partial charge in [-0.3, -0.25) is 0 Å². The summed E-state index contributed by atoms with van der Waals surface area (Å²) in [6.07, 6.45) is 3.27. The highest BCUT2D eigenvalue weighted by Gasteiger charge is 2.20. The Bertz CT molecular complexity index is 729. The maximum Gasteiger partial charge on any atom is 0.355 e. The second kappa shape index (κ2) is 8.40. The standard InChI is InChI=1S/C17H20Cl2N2O3/c1-3-4-5-8-24-13-7-6-12(14(18)9-13)10-21-11(2)20-16(19)15(21)17(22)23/h6-7,9H,3-5,8,10H2,1-2H3,(H,22,23). The van der Waals surface area contributed by atoms with E-state index in [1.54, 1.807) is 13.0 Å². The first-order chi connectivity index (χ1) is 11.4. The lowest BCUT2D eigenvalue weighted by atomic mass is 10.2. The number of carboxylic acids is 1. The topological polar surface area (TPSA) is 64.4 Å². The molecule has 2 rings (SSSR count). The van der Waals surface area contributed by atoms with E-state index in [1.165, 1.54) is 4.57 Å². The Morgan fingerprint density at radius 3 is 2.71 bits per heavy atom. The van der Waals surface area contributed by atoms with Crippen LogP contribution in [-0.4, -0.2) is 27.2 Å². The zero-order valence-electron chi connectivity index (χ0n) is 13.7. The van der Waals surface area contributed by atoms with Crippen molar-refractivity contribution in [3.63, 3.8) is 0 Å². The molecule has 0 atom stereocenters. The Hall–Kier alpha value is -1.72. The van der Waals surface area contributed by atoms with Crippen molar-refractivity contribution in [1.82, 2.24) is 9.55 Å². The number of aromatic carboxylic acids is 1. The molecule has 0 bridgehead atoms. The first-order valence-corrected chi connectivity index (χ1v) is 8.56. The van der Waals surface area contributed by atoms with Gasteiger partial charge in [-0.2, -0.15) is 0 Å². The molecule has 0 radical (unpaired) electrons. The van der Waals surface area contributed by atoms with Gasteiger partial charge < -0.3 is 14.4 Å². The summed E-state index contributed by atoms with van der Waals surface area (Å²) in [5, 5.41) is 9.79. The van der Waals surface area contributed by atoms with Crippen LogP contribution in [0.15, 0.2) is 18.2 Å². The summed E-state index contributed by atoms with van der Waals surface area (Å²) >= 11 is 12.2. The van der Waals surface area contributed by atoms with Crippen LogP contribution in [0, 0.1) is 6.92 Å². The number of hydrogen-bond donors (Lipinski definition) is 1. The van der Waals surface area contributed by atoms with Gasteiger partial charge in [-0.1, -0.05) is 49.0 Å². The average Bonchev–Trinajstić information content (AvgIpc) is 2.80. The van der Waals surface area contributed by atoms with Gasteiger partial charge in [-0.15, -0.1) is 0 Å². The number of imidazole rings is 1. The van der Waals surface area contributed by atoms with Gasteiger partial charge >= 0.3 is 5.97 Å². The van der Waals surface area contributed by atoms with E-state index < -0.39 is 5.97 Å². The zero-order chi connectivity index (χ0) is 17.7. The maximum absolute atomic E-state index is 11.4. The first-order valence-electron chi connectivity index (χ1n) is 7.81. The second-order valence-corrected chi connectivity index (χ2v) is 6.26.